The Bertz CT molecular complexity index is 716. The van der Waals surface area contributed by atoms with Crippen molar-refractivity contribution in [2.75, 3.05) is 11.5 Å². The highest BCUT2D eigenvalue weighted by Gasteiger charge is 2.14. The van der Waals surface area contributed by atoms with Crippen molar-refractivity contribution in [2.45, 2.75) is 9.92 Å². The Morgan fingerprint density at radius 1 is 1.24 bits per heavy atom. The SMILES string of the molecule is N=C(N)c1ccc(S(=O)(=O)CCSc2cnccn2)cc1. The van der Waals surface area contributed by atoms with Gasteiger partial charge in [-0.15, -0.1) is 11.8 Å². The lowest BCUT2D eigenvalue weighted by atomic mass is 10.2. The van der Waals surface area contributed by atoms with E-state index in [1.165, 1.54) is 36.0 Å². The Labute approximate surface area is 127 Å². The van der Waals surface area contributed by atoms with E-state index in [0.29, 0.717) is 16.3 Å². The van der Waals surface area contributed by atoms with Crippen molar-refractivity contribution in [2.24, 2.45) is 5.73 Å². The molecule has 2 rings (SSSR count). The number of nitrogens with two attached hydrogens (primary N) is 1. The third-order valence-electron chi connectivity index (χ3n) is 2.67. The van der Waals surface area contributed by atoms with Crippen molar-refractivity contribution in [1.29, 1.82) is 5.41 Å². The molecule has 0 saturated carbocycles. The van der Waals surface area contributed by atoms with E-state index < -0.39 is 9.84 Å². The first-order valence-electron chi connectivity index (χ1n) is 6.05. The van der Waals surface area contributed by atoms with Crippen molar-refractivity contribution >= 4 is 27.4 Å². The van der Waals surface area contributed by atoms with Crippen LogP contribution in [0.2, 0.25) is 0 Å². The molecule has 1 aromatic carbocycles. The van der Waals surface area contributed by atoms with Gasteiger partial charge in [0.1, 0.15) is 10.9 Å². The molecule has 0 spiro atoms. The smallest absolute Gasteiger partial charge is 0.179 e. The van der Waals surface area contributed by atoms with E-state index >= 15 is 0 Å². The fourth-order valence-corrected chi connectivity index (χ4v) is 4.05. The number of amidine groups is 1. The van der Waals surface area contributed by atoms with E-state index in [2.05, 4.69) is 9.97 Å². The summed E-state index contributed by atoms with van der Waals surface area (Å²) in [6, 6.07) is 6.01. The molecule has 0 fully saturated rings. The summed E-state index contributed by atoms with van der Waals surface area (Å²) in [4.78, 5) is 8.22. The molecule has 0 aliphatic heterocycles. The second-order valence-electron chi connectivity index (χ2n) is 4.15. The number of rotatable bonds is 6. The van der Waals surface area contributed by atoms with Crippen LogP contribution in [0.15, 0.2) is 52.8 Å². The van der Waals surface area contributed by atoms with Crippen LogP contribution in [0.5, 0.6) is 0 Å². The summed E-state index contributed by atoms with van der Waals surface area (Å²) in [7, 11) is -3.35. The molecule has 0 bridgehead atoms. The highest BCUT2D eigenvalue weighted by atomic mass is 32.2. The number of sulfone groups is 1. The summed E-state index contributed by atoms with van der Waals surface area (Å²) in [6.07, 6.45) is 4.73. The van der Waals surface area contributed by atoms with Gasteiger partial charge in [0.15, 0.2) is 9.84 Å². The molecule has 21 heavy (non-hydrogen) atoms. The molecule has 0 saturated heterocycles. The van der Waals surface area contributed by atoms with Gasteiger partial charge < -0.3 is 5.73 Å². The summed E-state index contributed by atoms with van der Waals surface area (Å²) in [6.45, 7) is 0. The zero-order valence-corrected chi connectivity index (χ0v) is 12.7. The molecule has 0 radical (unpaired) electrons. The molecule has 3 N–H and O–H groups in total. The molecular weight excluding hydrogens is 308 g/mol. The van der Waals surface area contributed by atoms with Crippen LogP contribution in [0.1, 0.15) is 5.56 Å². The van der Waals surface area contributed by atoms with E-state index in [4.69, 9.17) is 11.1 Å². The second kappa shape index (κ2) is 6.68. The minimum Gasteiger partial charge on any atom is -0.384 e. The molecule has 6 nitrogen and oxygen atoms in total. The standard InChI is InChI=1S/C13H14N4O2S2/c14-13(15)10-1-3-11(4-2-10)21(18,19)8-7-20-12-9-16-5-6-17-12/h1-6,9H,7-8H2,(H3,14,15). The van der Waals surface area contributed by atoms with Crippen molar-refractivity contribution in [1.82, 2.24) is 9.97 Å². The van der Waals surface area contributed by atoms with E-state index in [9.17, 15) is 8.42 Å². The molecule has 1 heterocycles. The number of nitrogens with one attached hydrogen (secondary N) is 1. The molecule has 1 aromatic heterocycles. The van der Waals surface area contributed by atoms with Crippen LogP contribution >= 0.6 is 11.8 Å². The van der Waals surface area contributed by atoms with Gasteiger partial charge in [-0.2, -0.15) is 0 Å². The fraction of sp³-hybridized carbons (Fsp3) is 0.154. The monoisotopic (exact) mass is 322 g/mol. The minimum absolute atomic E-state index is 0.00760. The number of hydrogen-bond acceptors (Lipinski definition) is 6. The molecule has 0 amide bonds. The van der Waals surface area contributed by atoms with Gasteiger partial charge in [-0.3, -0.25) is 10.4 Å². The molecule has 0 unspecified atom stereocenters. The Kier molecular flexibility index (Phi) is 4.92. The van der Waals surface area contributed by atoms with Gasteiger partial charge in [0, 0.05) is 23.7 Å². The maximum atomic E-state index is 12.2. The van der Waals surface area contributed by atoms with Crippen LogP contribution in [0, 0.1) is 5.41 Å². The normalized spacial score (nSPS) is 11.2. The van der Waals surface area contributed by atoms with Crippen LogP contribution in [-0.4, -0.2) is 35.7 Å². The highest BCUT2D eigenvalue weighted by molar-refractivity contribution is 8.00. The van der Waals surface area contributed by atoms with E-state index in [-0.39, 0.29) is 16.5 Å². The maximum absolute atomic E-state index is 12.2. The molecule has 2 aromatic rings. The first-order chi connectivity index (χ1) is 9.99. The van der Waals surface area contributed by atoms with Crippen LogP contribution in [-0.2, 0) is 9.84 Å². The average Bonchev–Trinajstić information content (AvgIpc) is 2.48. The fourth-order valence-electron chi connectivity index (χ4n) is 1.58. The summed E-state index contributed by atoms with van der Waals surface area (Å²) in [5.74, 6) is 0.320. The summed E-state index contributed by atoms with van der Waals surface area (Å²) < 4.78 is 24.3. The van der Waals surface area contributed by atoms with Crippen molar-refractivity contribution in [3.63, 3.8) is 0 Å². The maximum Gasteiger partial charge on any atom is 0.179 e. The third kappa shape index (κ3) is 4.27. The third-order valence-corrected chi connectivity index (χ3v) is 5.57. The van der Waals surface area contributed by atoms with Gasteiger partial charge in [-0.05, 0) is 12.1 Å². The van der Waals surface area contributed by atoms with Crippen LogP contribution < -0.4 is 5.73 Å². The number of nitrogen functional groups attached to an aromatic ring is 1. The molecule has 0 aliphatic carbocycles. The first kappa shape index (κ1) is 15.5. The van der Waals surface area contributed by atoms with Crippen molar-refractivity contribution < 1.29 is 8.42 Å². The highest BCUT2D eigenvalue weighted by Crippen LogP contribution is 2.17. The average molecular weight is 322 g/mol. The molecule has 110 valence electrons. The quantitative estimate of drug-likeness (QED) is 0.471. The molecular formula is C13H14N4O2S2. The summed E-state index contributed by atoms with van der Waals surface area (Å²) >= 11 is 1.34. The molecule has 0 atom stereocenters. The van der Waals surface area contributed by atoms with Gasteiger partial charge in [0.25, 0.3) is 0 Å². The predicted molar refractivity (Wildman–Crippen MR) is 82.3 cm³/mol. The summed E-state index contributed by atoms with van der Waals surface area (Å²) in [5.41, 5.74) is 5.84. The number of nitrogens with zero attached hydrogens (tertiary/aromatic N) is 2. The minimum atomic E-state index is -3.35. The van der Waals surface area contributed by atoms with Crippen LogP contribution in [0.3, 0.4) is 0 Å². The molecule has 0 aliphatic rings. The topological polar surface area (TPSA) is 110 Å². The van der Waals surface area contributed by atoms with E-state index in [1.807, 2.05) is 0 Å². The number of benzene rings is 1. The van der Waals surface area contributed by atoms with Crippen molar-refractivity contribution in [3.8, 4) is 0 Å². The second-order valence-corrected chi connectivity index (χ2v) is 7.37. The van der Waals surface area contributed by atoms with Crippen LogP contribution in [0.4, 0.5) is 0 Å². The van der Waals surface area contributed by atoms with Crippen LogP contribution in [0.25, 0.3) is 0 Å². The number of hydrogen-bond donors (Lipinski definition) is 2. The number of aromatic nitrogens is 2. The lowest BCUT2D eigenvalue weighted by Crippen LogP contribution is -2.12. The first-order valence-corrected chi connectivity index (χ1v) is 8.69. The Morgan fingerprint density at radius 2 is 1.95 bits per heavy atom. The predicted octanol–water partition coefficient (Wildman–Crippen LogP) is 1.33. The van der Waals surface area contributed by atoms with Crippen molar-refractivity contribution in [3.05, 3.63) is 48.4 Å². The van der Waals surface area contributed by atoms with Gasteiger partial charge >= 0.3 is 0 Å². The lowest BCUT2D eigenvalue weighted by molar-refractivity contribution is 0.597. The lowest BCUT2D eigenvalue weighted by Gasteiger charge is -2.05. The van der Waals surface area contributed by atoms with Gasteiger partial charge in [-0.1, -0.05) is 12.1 Å². The Hall–Kier alpha value is -1.93. The Balaban J connectivity index is 2.00. The molecule has 8 heteroatoms. The zero-order valence-electron chi connectivity index (χ0n) is 11.1. The largest absolute Gasteiger partial charge is 0.384 e. The van der Waals surface area contributed by atoms with Gasteiger partial charge in [0.05, 0.1) is 16.8 Å². The zero-order chi connectivity index (χ0) is 15.3. The number of thioether (sulfide) groups is 1. The van der Waals surface area contributed by atoms with E-state index in [1.54, 1.807) is 18.6 Å². The Morgan fingerprint density at radius 3 is 2.52 bits per heavy atom. The van der Waals surface area contributed by atoms with Gasteiger partial charge in [0.2, 0.25) is 0 Å². The van der Waals surface area contributed by atoms with E-state index in [0.717, 1.165) is 0 Å². The summed E-state index contributed by atoms with van der Waals surface area (Å²) in [5, 5.41) is 7.97. The van der Waals surface area contributed by atoms with Gasteiger partial charge in [-0.25, -0.2) is 13.4 Å².